The fourth-order valence-corrected chi connectivity index (χ4v) is 2.82. The Morgan fingerprint density at radius 3 is 2.95 bits per heavy atom. The molecule has 6 heteroatoms. The highest BCUT2D eigenvalue weighted by Gasteiger charge is 2.25. The maximum absolute atomic E-state index is 12.3. The van der Waals surface area contributed by atoms with E-state index in [1.165, 1.54) is 0 Å². The van der Waals surface area contributed by atoms with Gasteiger partial charge in [0.2, 0.25) is 0 Å². The van der Waals surface area contributed by atoms with Crippen molar-refractivity contribution >= 4 is 27.8 Å². The summed E-state index contributed by atoms with van der Waals surface area (Å²) in [6.45, 7) is 1.40. The smallest absolute Gasteiger partial charge is 0.303 e. The Morgan fingerprint density at radius 1 is 1.53 bits per heavy atom. The minimum Gasteiger partial charge on any atom is -0.481 e. The lowest BCUT2D eigenvalue weighted by Gasteiger charge is -2.32. The van der Waals surface area contributed by atoms with Crippen molar-refractivity contribution in [2.24, 2.45) is 5.92 Å². The molecule has 1 aliphatic rings. The van der Waals surface area contributed by atoms with Crippen LogP contribution in [-0.4, -0.2) is 40.0 Å². The summed E-state index contributed by atoms with van der Waals surface area (Å²) < 4.78 is 0.857. The van der Waals surface area contributed by atoms with Crippen LogP contribution in [0.5, 0.6) is 0 Å². The number of rotatable bonds is 4. The monoisotopic (exact) mass is 328 g/mol. The third-order valence-corrected chi connectivity index (χ3v) is 3.91. The van der Waals surface area contributed by atoms with E-state index < -0.39 is 5.97 Å². The summed E-state index contributed by atoms with van der Waals surface area (Å²) in [5, 5.41) is 8.71. The van der Waals surface area contributed by atoms with Crippen LogP contribution in [0.1, 0.15) is 36.2 Å². The predicted molar refractivity (Wildman–Crippen MR) is 74.0 cm³/mol. The lowest BCUT2D eigenvalue weighted by Crippen LogP contribution is -2.40. The van der Waals surface area contributed by atoms with Crippen molar-refractivity contribution in [2.45, 2.75) is 25.7 Å². The number of nitrogens with one attached hydrogen (secondary N) is 1. The molecule has 0 radical (unpaired) electrons. The second kappa shape index (κ2) is 6.23. The van der Waals surface area contributed by atoms with Gasteiger partial charge in [-0.3, -0.25) is 9.59 Å². The van der Waals surface area contributed by atoms with Crippen molar-refractivity contribution in [3.05, 3.63) is 22.4 Å². The second-order valence-corrected chi connectivity index (χ2v) is 5.84. The van der Waals surface area contributed by atoms with Crippen molar-refractivity contribution < 1.29 is 14.7 Å². The first-order valence-corrected chi connectivity index (χ1v) is 7.20. The number of carbonyl (C=O) groups excluding carboxylic acids is 1. The number of aromatic amines is 1. The highest BCUT2D eigenvalue weighted by molar-refractivity contribution is 9.10. The van der Waals surface area contributed by atoms with Gasteiger partial charge in [0, 0.05) is 30.2 Å². The number of piperidine rings is 1. The van der Waals surface area contributed by atoms with Gasteiger partial charge in [0.25, 0.3) is 5.91 Å². The number of nitrogens with zero attached hydrogens (tertiary/aromatic N) is 1. The molecule has 0 saturated carbocycles. The molecule has 2 rings (SSSR count). The lowest BCUT2D eigenvalue weighted by molar-refractivity contribution is -0.137. The Kier molecular flexibility index (Phi) is 4.63. The number of aromatic nitrogens is 1. The summed E-state index contributed by atoms with van der Waals surface area (Å²) >= 11 is 3.31. The molecule has 0 aliphatic carbocycles. The Balaban J connectivity index is 1.93. The average molecular weight is 329 g/mol. The van der Waals surface area contributed by atoms with Crippen LogP contribution in [0.15, 0.2) is 16.7 Å². The van der Waals surface area contributed by atoms with E-state index in [1.807, 2.05) is 4.90 Å². The Hall–Kier alpha value is -1.30. The zero-order valence-electron chi connectivity index (χ0n) is 10.6. The van der Waals surface area contributed by atoms with Crippen LogP contribution in [0.3, 0.4) is 0 Å². The van der Waals surface area contributed by atoms with Gasteiger partial charge in [-0.2, -0.15) is 0 Å². The number of carbonyl (C=O) groups is 2. The molecule has 5 nitrogen and oxygen atoms in total. The number of halogens is 1. The molecule has 1 aliphatic heterocycles. The number of H-pyrrole nitrogens is 1. The van der Waals surface area contributed by atoms with Gasteiger partial charge in [-0.1, -0.05) is 0 Å². The van der Waals surface area contributed by atoms with Crippen molar-refractivity contribution in [2.75, 3.05) is 13.1 Å². The highest BCUT2D eigenvalue weighted by Crippen LogP contribution is 2.23. The minimum absolute atomic E-state index is 0.00859. The van der Waals surface area contributed by atoms with Crippen molar-refractivity contribution in [1.29, 1.82) is 0 Å². The Morgan fingerprint density at radius 2 is 2.32 bits per heavy atom. The molecule has 1 unspecified atom stereocenters. The number of hydrogen-bond donors (Lipinski definition) is 2. The molecule has 0 bridgehead atoms. The van der Waals surface area contributed by atoms with Gasteiger partial charge >= 0.3 is 5.97 Å². The molecule has 1 aromatic rings. The van der Waals surface area contributed by atoms with Gasteiger partial charge in [0.05, 0.1) is 0 Å². The van der Waals surface area contributed by atoms with Gasteiger partial charge in [0.15, 0.2) is 0 Å². The molecule has 1 saturated heterocycles. The number of likely N-dealkylation sites (tertiary alicyclic amines) is 1. The molecule has 2 N–H and O–H groups in total. The average Bonchev–Trinajstić information content (AvgIpc) is 2.82. The molecule has 0 aromatic carbocycles. The molecule has 1 fully saturated rings. The predicted octanol–water partition coefficient (Wildman–Crippen LogP) is 2.49. The van der Waals surface area contributed by atoms with E-state index in [0.717, 1.165) is 23.9 Å². The molecular formula is C13H17BrN2O3. The van der Waals surface area contributed by atoms with E-state index in [0.29, 0.717) is 24.6 Å². The van der Waals surface area contributed by atoms with Gasteiger partial charge in [0.1, 0.15) is 5.69 Å². The summed E-state index contributed by atoms with van der Waals surface area (Å²) in [6, 6.07) is 1.77. The number of aliphatic carboxylic acids is 1. The molecule has 104 valence electrons. The number of carboxylic acids is 1. The van der Waals surface area contributed by atoms with Crippen LogP contribution in [0.2, 0.25) is 0 Å². The second-order valence-electron chi connectivity index (χ2n) is 4.92. The maximum Gasteiger partial charge on any atom is 0.303 e. The van der Waals surface area contributed by atoms with E-state index >= 15 is 0 Å². The van der Waals surface area contributed by atoms with Crippen LogP contribution in [0.25, 0.3) is 0 Å². The third kappa shape index (κ3) is 3.83. The number of amides is 1. The van der Waals surface area contributed by atoms with Gasteiger partial charge < -0.3 is 15.0 Å². The lowest BCUT2D eigenvalue weighted by atomic mass is 9.93. The molecule has 0 spiro atoms. The fourth-order valence-electron chi connectivity index (χ4n) is 2.47. The minimum atomic E-state index is -0.767. The van der Waals surface area contributed by atoms with Gasteiger partial charge in [-0.25, -0.2) is 0 Å². The first-order chi connectivity index (χ1) is 9.06. The van der Waals surface area contributed by atoms with Crippen LogP contribution >= 0.6 is 15.9 Å². The molecule has 19 heavy (non-hydrogen) atoms. The summed E-state index contributed by atoms with van der Waals surface area (Å²) in [5.41, 5.74) is 0.575. The first-order valence-electron chi connectivity index (χ1n) is 6.41. The van der Waals surface area contributed by atoms with Crippen LogP contribution < -0.4 is 0 Å². The summed E-state index contributed by atoms with van der Waals surface area (Å²) in [5.74, 6) is -0.477. The largest absolute Gasteiger partial charge is 0.481 e. The summed E-state index contributed by atoms with van der Waals surface area (Å²) in [4.78, 5) is 27.6. The quantitative estimate of drug-likeness (QED) is 0.891. The summed E-state index contributed by atoms with van der Waals surface area (Å²) in [7, 11) is 0. The normalized spacial score (nSPS) is 19.4. The van der Waals surface area contributed by atoms with E-state index in [9.17, 15) is 9.59 Å². The molecule has 2 heterocycles. The molecular weight excluding hydrogens is 312 g/mol. The van der Waals surface area contributed by atoms with E-state index in [4.69, 9.17) is 5.11 Å². The van der Waals surface area contributed by atoms with Crippen LogP contribution in [0.4, 0.5) is 0 Å². The third-order valence-electron chi connectivity index (χ3n) is 3.45. The zero-order chi connectivity index (χ0) is 13.8. The molecule has 1 atom stereocenters. The van der Waals surface area contributed by atoms with Gasteiger partial charge in [-0.15, -0.1) is 0 Å². The van der Waals surface area contributed by atoms with Crippen molar-refractivity contribution in [3.8, 4) is 0 Å². The maximum atomic E-state index is 12.3. The van der Waals surface area contributed by atoms with E-state index in [2.05, 4.69) is 20.9 Å². The zero-order valence-corrected chi connectivity index (χ0v) is 12.1. The van der Waals surface area contributed by atoms with Crippen molar-refractivity contribution in [1.82, 2.24) is 9.88 Å². The van der Waals surface area contributed by atoms with Crippen LogP contribution in [-0.2, 0) is 4.79 Å². The van der Waals surface area contributed by atoms with E-state index in [-0.39, 0.29) is 12.3 Å². The van der Waals surface area contributed by atoms with E-state index in [1.54, 1.807) is 12.3 Å². The standard InChI is InChI=1S/C13H17BrN2O3/c14-10-6-11(15-7-10)13(19)16-5-1-2-9(8-16)3-4-12(17)18/h6-7,9,15H,1-5,8H2,(H,17,18). The molecule has 1 amide bonds. The van der Waals surface area contributed by atoms with Crippen LogP contribution in [0, 0.1) is 5.92 Å². The molecule has 1 aromatic heterocycles. The van der Waals surface area contributed by atoms with Crippen molar-refractivity contribution in [3.63, 3.8) is 0 Å². The van der Waals surface area contributed by atoms with Gasteiger partial charge in [-0.05, 0) is 47.2 Å². The Labute approximate surface area is 120 Å². The topological polar surface area (TPSA) is 73.4 Å². The summed E-state index contributed by atoms with van der Waals surface area (Å²) in [6.07, 6.45) is 4.51. The SMILES string of the molecule is O=C(O)CCC1CCCN(C(=O)c2cc(Br)c[nH]2)C1. The number of hydrogen-bond acceptors (Lipinski definition) is 2. The number of carboxylic acid groups (broad SMARTS) is 1. The first kappa shape index (κ1) is 14.1. The Bertz CT molecular complexity index is 472. The highest BCUT2D eigenvalue weighted by atomic mass is 79.9. The fraction of sp³-hybridized carbons (Fsp3) is 0.538.